The Morgan fingerprint density at radius 2 is 2.30 bits per heavy atom. The first kappa shape index (κ1) is 9.17. The summed E-state index contributed by atoms with van der Waals surface area (Å²) in [5.74, 6) is -1.79. The van der Waals surface area contributed by atoms with E-state index >= 15 is 0 Å². The van der Waals surface area contributed by atoms with Crippen molar-refractivity contribution in [2.24, 2.45) is 11.8 Å². The van der Waals surface area contributed by atoms with E-state index in [1.807, 2.05) is 0 Å². The predicted molar refractivity (Wildman–Crippen MR) is 37.6 cm³/mol. The monoisotopic (exact) mass is 144 g/mol. The van der Waals surface area contributed by atoms with Crippen LogP contribution in [0.5, 0.6) is 0 Å². The number of carbonyl (C=O) groups is 1. The Hall–Kier alpha value is -0.830. The lowest BCUT2D eigenvalue weighted by Gasteiger charge is -2.12. The SMILES string of the molecule is C=CC(CO)C(C)C(=O)O. The lowest BCUT2D eigenvalue weighted by molar-refractivity contribution is -0.142. The van der Waals surface area contributed by atoms with E-state index in [1.165, 1.54) is 6.08 Å². The second-order valence-corrected chi connectivity index (χ2v) is 2.21. The zero-order valence-electron chi connectivity index (χ0n) is 5.95. The molecule has 0 amide bonds. The van der Waals surface area contributed by atoms with Crippen LogP contribution < -0.4 is 0 Å². The molecule has 0 fully saturated rings. The van der Waals surface area contributed by atoms with Crippen molar-refractivity contribution >= 4 is 5.97 Å². The van der Waals surface area contributed by atoms with Crippen molar-refractivity contribution in [1.29, 1.82) is 0 Å². The molecule has 0 aromatic heterocycles. The Bertz CT molecular complexity index is 131. The topological polar surface area (TPSA) is 57.5 Å². The van der Waals surface area contributed by atoms with Crippen LogP contribution in [0.1, 0.15) is 6.92 Å². The summed E-state index contributed by atoms with van der Waals surface area (Å²) in [5, 5.41) is 17.1. The molecular weight excluding hydrogens is 132 g/mol. The molecule has 0 bridgehead atoms. The Kier molecular flexibility index (Phi) is 3.72. The van der Waals surface area contributed by atoms with Gasteiger partial charge in [0.2, 0.25) is 0 Å². The van der Waals surface area contributed by atoms with Crippen molar-refractivity contribution in [2.45, 2.75) is 6.92 Å². The van der Waals surface area contributed by atoms with E-state index in [-0.39, 0.29) is 12.5 Å². The minimum atomic E-state index is -0.904. The summed E-state index contributed by atoms with van der Waals surface area (Å²) in [4.78, 5) is 10.3. The summed E-state index contributed by atoms with van der Waals surface area (Å²) in [6, 6.07) is 0. The van der Waals surface area contributed by atoms with E-state index in [4.69, 9.17) is 10.2 Å². The zero-order valence-corrected chi connectivity index (χ0v) is 5.95. The van der Waals surface area contributed by atoms with Crippen molar-refractivity contribution in [3.8, 4) is 0 Å². The maximum absolute atomic E-state index is 10.3. The van der Waals surface area contributed by atoms with E-state index < -0.39 is 11.9 Å². The first-order chi connectivity index (χ1) is 4.63. The Morgan fingerprint density at radius 3 is 2.40 bits per heavy atom. The summed E-state index contributed by atoms with van der Waals surface area (Å²) in [5.41, 5.74) is 0. The third kappa shape index (κ3) is 2.19. The highest BCUT2D eigenvalue weighted by Gasteiger charge is 2.19. The van der Waals surface area contributed by atoms with Crippen molar-refractivity contribution < 1.29 is 15.0 Å². The molecule has 3 nitrogen and oxygen atoms in total. The third-order valence-electron chi connectivity index (χ3n) is 1.55. The van der Waals surface area contributed by atoms with Gasteiger partial charge in [0.25, 0.3) is 0 Å². The normalized spacial score (nSPS) is 15.8. The molecule has 0 aliphatic carbocycles. The molecule has 0 aliphatic heterocycles. The van der Waals surface area contributed by atoms with Crippen molar-refractivity contribution in [3.63, 3.8) is 0 Å². The van der Waals surface area contributed by atoms with Crippen molar-refractivity contribution in [2.75, 3.05) is 6.61 Å². The van der Waals surface area contributed by atoms with Crippen LogP contribution in [0.2, 0.25) is 0 Å². The van der Waals surface area contributed by atoms with Gasteiger partial charge in [-0.05, 0) is 0 Å². The summed E-state index contributed by atoms with van der Waals surface area (Å²) < 4.78 is 0. The van der Waals surface area contributed by atoms with Gasteiger partial charge in [0.1, 0.15) is 0 Å². The summed E-state index contributed by atoms with van der Waals surface area (Å²) >= 11 is 0. The minimum absolute atomic E-state index is 0.156. The average Bonchev–Trinajstić information content (AvgIpc) is 1.90. The highest BCUT2D eigenvalue weighted by atomic mass is 16.4. The van der Waals surface area contributed by atoms with E-state index in [2.05, 4.69) is 6.58 Å². The van der Waals surface area contributed by atoms with Crippen molar-refractivity contribution in [3.05, 3.63) is 12.7 Å². The zero-order chi connectivity index (χ0) is 8.15. The molecule has 0 rings (SSSR count). The number of hydrogen-bond donors (Lipinski definition) is 2. The van der Waals surface area contributed by atoms with E-state index in [1.54, 1.807) is 6.92 Å². The fraction of sp³-hybridized carbons (Fsp3) is 0.571. The third-order valence-corrected chi connectivity index (χ3v) is 1.55. The number of carboxylic acids is 1. The van der Waals surface area contributed by atoms with Crippen LogP contribution in [0.15, 0.2) is 12.7 Å². The minimum Gasteiger partial charge on any atom is -0.481 e. The molecule has 10 heavy (non-hydrogen) atoms. The molecule has 0 saturated heterocycles. The van der Waals surface area contributed by atoms with Gasteiger partial charge in [-0.1, -0.05) is 13.0 Å². The first-order valence-corrected chi connectivity index (χ1v) is 3.09. The maximum atomic E-state index is 10.3. The Labute approximate surface area is 60.0 Å². The van der Waals surface area contributed by atoms with Crippen molar-refractivity contribution in [1.82, 2.24) is 0 Å². The lowest BCUT2D eigenvalue weighted by Crippen LogP contribution is -2.21. The van der Waals surface area contributed by atoms with Gasteiger partial charge < -0.3 is 10.2 Å². The molecular formula is C7H12O3. The molecule has 58 valence electrons. The van der Waals surface area contributed by atoms with Crippen LogP contribution in [0.25, 0.3) is 0 Å². The lowest BCUT2D eigenvalue weighted by atomic mass is 9.95. The first-order valence-electron chi connectivity index (χ1n) is 3.09. The molecule has 0 radical (unpaired) electrons. The molecule has 2 atom stereocenters. The Morgan fingerprint density at radius 1 is 1.80 bits per heavy atom. The van der Waals surface area contributed by atoms with Gasteiger partial charge in [-0.2, -0.15) is 0 Å². The van der Waals surface area contributed by atoms with Gasteiger partial charge in [-0.3, -0.25) is 4.79 Å². The number of hydrogen-bond acceptors (Lipinski definition) is 2. The molecule has 2 N–H and O–H groups in total. The van der Waals surface area contributed by atoms with Crippen LogP contribution in [0.3, 0.4) is 0 Å². The smallest absolute Gasteiger partial charge is 0.306 e. The molecule has 2 unspecified atom stereocenters. The molecule has 0 aliphatic rings. The van der Waals surface area contributed by atoms with Crippen LogP contribution in [-0.4, -0.2) is 22.8 Å². The van der Waals surface area contributed by atoms with Crippen LogP contribution in [-0.2, 0) is 4.79 Å². The molecule has 0 saturated carbocycles. The highest BCUT2D eigenvalue weighted by molar-refractivity contribution is 5.70. The fourth-order valence-corrected chi connectivity index (χ4v) is 0.620. The van der Waals surface area contributed by atoms with E-state index in [0.717, 1.165) is 0 Å². The molecule has 0 aromatic rings. The van der Waals surface area contributed by atoms with E-state index in [0.29, 0.717) is 0 Å². The van der Waals surface area contributed by atoms with Gasteiger partial charge in [0, 0.05) is 5.92 Å². The second kappa shape index (κ2) is 4.06. The molecule has 0 spiro atoms. The van der Waals surface area contributed by atoms with Gasteiger partial charge in [0.15, 0.2) is 0 Å². The van der Waals surface area contributed by atoms with Crippen LogP contribution >= 0.6 is 0 Å². The number of aliphatic hydroxyl groups is 1. The van der Waals surface area contributed by atoms with Crippen LogP contribution in [0, 0.1) is 11.8 Å². The molecule has 0 heterocycles. The largest absolute Gasteiger partial charge is 0.481 e. The van der Waals surface area contributed by atoms with Gasteiger partial charge in [-0.25, -0.2) is 0 Å². The number of rotatable bonds is 4. The maximum Gasteiger partial charge on any atom is 0.306 e. The Balaban J connectivity index is 4.00. The standard InChI is InChI=1S/C7H12O3/c1-3-6(4-8)5(2)7(9)10/h3,5-6,8H,1,4H2,2H3,(H,9,10). The summed E-state index contributed by atoms with van der Waals surface area (Å²) in [7, 11) is 0. The highest BCUT2D eigenvalue weighted by Crippen LogP contribution is 2.11. The number of aliphatic hydroxyl groups excluding tert-OH is 1. The number of aliphatic carboxylic acids is 1. The summed E-state index contributed by atoms with van der Waals surface area (Å²) in [6.45, 7) is 4.80. The average molecular weight is 144 g/mol. The van der Waals surface area contributed by atoms with Crippen LogP contribution in [0.4, 0.5) is 0 Å². The predicted octanol–water partition coefficient (Wildman–Crippen LogP) is 0.502. The second-order valence-electron chi connectivity index (χ2n) is 2.21. The molecule has 3 heteroatoms. The van der Waals surface area contributed by atoms with Gasteiger partial charge >= 0.3 is 5.97 Å². The quantitative estimate of drug-likeness (QED) is 0.565. The van der Waals surface area contributed by atoms with Gasteiger partial charge in [-0.15, -0.1) is 6.58 Å². The number of carboxylic acid groups (broad SMARTS) is 1. The van der Waals surface area contributed by atoms with Gasteiger partial charge in [0.05, 0.1) is 12.5 Å². The fourth-order valence-electron chi connectivity index (χ4n) is 0.620. The summed E-state index contributed by atoms with van der Waals surface area (Å²) in [6.07, 6.45) is 1.46. The van der Waals surface area contributed by atoms with E-state index in [9.17, 15) is 4.79 Å². The molecule has 0 aromatic carbocycles.